The lowest BCUT2D eigenvalue weighted by atomic mass is 10.1. The third-order valence-corrected chi connectivity index (χ3v) is 5.85. The summed E-state index contributed by atoms with van der Waals surface area (Å²) in [7, 11) is 0. The van der Waals surface area contributed by atoms with E-state index in [4.69, 9.17) is 11.6 Å². The third kappa shape index (κ3) is 3.95. The fourth-order valence-electron chi connectivity index (χ4n) is 3.73. The van der Waals surface area contributed by atoms with Crippen LogP contribution in [0.1, 0.15) is 31.4 Å². The Bertz CT molecular complexity index is 1360. The Kier molecular flexibility index (Phi) is 5.83. The van der Waals surface area contributed by atoms with Crippen LogP contribution in [0.4, 0.5) is 0 Å². The first-order valence-corrected chi connectivity index (χ1v) is 10.8. The van der Waals surface area contributed by atoms with Crippen LogP contribution in [0.25, 0.3) is 16.9 Å². The average molecular weight is 437 g/mol. The predicted molar refractivity (Wildman–Crippen MR) is 124 cm³/mol. The molecule has 2 heterocycles. The molecule has 6 nitrogen and oxygen atoms in total. The van der Waals surface area contributed by atoms with E-state index in [1.165, 1.54) is 4.57 Å². The van der Waals surface area contributed by atoms with Gasteiger partial charge in [0.05, 0.1) is 18.6 Å². The van der Waals surface area contributed by atoms with Crippen molar-refractivity contribution in [3.05, 3.63) is 91.8 Å². The van der Waals surface area contributed by atoms with Crippen LogP contribution in [0.3, 0.4) is 0 Å². The summed E-state index contributed by atoms with van der Waals surface area (Å²) in [5.74, 6) is 0.363. The average Bonchev–Trinajstić information content (AvgIpc) is 3.14. The molecule has 2 aromatic carbocycles. The Balaban J connectivity index is 2.00. The van der Waals surface area contributed by atoms with Crippen LogP contribution in [-0.4, -0.2) is 18.7 Å². The highest BCUT2D eigenvalue weighted by Gasteiger charge is 2.20. The van der Waals surface area contributed by atoms with E-state index in [-0.39, 0.29) is 11.2 Å². The second-order valence-electron chi connectivity index (χ2n) is 8.18. The van der Waals surface area contributed by atoms with E-state index in [2.05, 4.69) is 18.8 Å². The Labute approximate surface area is 185 Å². The predicted octanol–water partition coefficient (Wildman–Crippen LogP) is 4.41. The third-order valence-electron chi connectivity index (χ3n) is 5.49. The molecule has 0 N–H and O–H groups in total. The summed E-state index contributed by atoms with van der Waals surface area (Å²) in [5, 5.41) is 0.622. The van der Waals surface area contributed by atoms with Crippen molar-refractivity contribution in [3.8, 4) is 5.69 Å². The summed E-state index contributed by atoms with van der Waals surface area (Å²) >= 11 is 6.35. The summed E-state index contributed by atoms with van der Waals surface area (Å²) in [6.45, 7) is 6.84. The van der Waals surface area contributed by atoms with Gasteiger partial charge in [0.1, 0.15) is 0 Å². The van der Waals surface area contributed by atoms with E-state index in [0.717, 1.165) is 23.2 Å². The number of halogens is 1. The molecule has 0 atom stereocenters. The molecule has 31 heavy (non-hydrogen) atoms. The molecule has 4 rings (SSSR count). The first-order valence-electron chi connectivity index (χ1n) is 10.4. The molecule has 0 aliphatic heterocycles. The van der Waals surface area contributed by atoms with Crippen LogP contribution in [0.5, 0.6) is 0 Å². The molecule has 0 saturated carbocycles. The number of rotatable bonds is 6. The first kappa shape index (κ1) is 21.1. The number of hydrogen-bond donors (Lipinski definition) is 0. The molecule has 0 saturated heterocycles. The molecule has 7 heteroatoms. The molecule has 2 aromatic heterocycles. The van der Waals surface area contributed by atoms with E-state index >= 15 is 0 Å². The number of aromatic nitrogens is 4. The largest absolute Gasteiger partial charge is 0.337 e. The molecule has 0 amide bonds. The number of benzene rings is 2. The van der Waals surface area contributed by atoms with Crippen LogP contribution < -0.4 is 11.2 Å². The van der Waals surface area contributed by atoms with Gasteiger partial charge in [0, 0.05) is 11.6 Å². The number of imidazole rings is 1. The van der Waals surface area contributed by atoms with Gasteiger partial charge in [-0.3, -0.25) is 9.36 Å². The Hall–Kier alpha value is -3.12. The molecule has 0 aliphatic rings. The van der Waals surface area contributed by atoms with Crippen molar-refractivity contribution in [1.29, 1.82) is 0 Å². The van der Waals surface area contributed by atoms with Crippen molar-refractivity contribution in [2.75, 3.05) is 0 Å². The van der Waals surface area contributed by atoms with Crippen LogP contribution in [0.2, 0.25) is 5.02 Å². The zero-order valence-corrected chi connectivity index (χ0v) is 18.6. The molecular formula is C24H25ClN4O2. The van der Waals surface area contributed by atoms with Gasteiger partial charge in [0.15, 0.2) is 11.2 Å². The highest BCUT2D eigenvalue weighted by atomic mass is 35.5. The SMILES string of the molecule is Cc1ccccc1-n1c(=O)n(CCC(C)C)c(=O)c2c1ncn2Cc1ccccc1Cl. The lowest BCUT2D eigenvalue weighted by molar-refractivity contribution is 0.491. The van der Waals surface area contributed by atoms with Crippen molar-refractivity contribution in [2.24, 2.45) is 5.92 Å². The van der Waals surface area contributed by atoms with Crippen LogP contribution in [-0.2, 0) is 13.1 Å². The number of nitrogens with zero attached hydrogens (tertiary/aromatic N) is 4. The van der Waals surface area contributed by atoms with Gasteiger partial charge < -0.3 is 4.57 Å². The van der Waals surface area contributed by atoms with Crippen molar-refractivity contribution in [3.63, 3.8) is 0 Å². The van der Waals surface area contributed by atoms with Gasteiger partial charge in [-0.2, -0.15) is 0 Å². The van der Waals surface area contributed by atoms with Gasteiger partial charge in [-0.15, -0.1) is 0 Å². The fraction of sp³-hybridized carbons (Fsp3) is 0.292. The second kappa shape index (κ2) is 8.55. The van der Waals surface area contributed by atoms with Crippen molar-refractivity contribution < 1.29 is 0 Å². The minimum Gasteiger partial charge on any atom is -0.320 e. The van der Waals surface area contributed by atoms with Crippen LogP contribution in [0, 0.1) is 12.8 Å². The number of hydrogen-bond acceptors (Lipinski definition) is 3. The summed E-state index contributed by atoms with van der Waals surface area (Å²) in [4.78, 5) is 31.4. The molecule has 0 spiro atoms. The molecular weight excluding hydrogens is 412 g/mol. The van der Waals surface area contributed by atoms with Crippen LogP contribution >= 0.6 is 11.6 Å². The van der Waals surface area contributed by atoms with Gasteiger partial charge >= 0.3 is 5.69 Å². The lowest BCUT2D eigenvalue weighted by Crippen LogP contribution is -2.40. The maximum Gasteiger partial charge on any atom is 0.337 e. The van der Waals surface area contributed by atoms with Gasteiger partial charge in [0.25, 0.3) is 5.56 Å². The Morgan fingerprint density at radius 1 is 1.03 bits per heavy atom. The quantitative estimate of drug-likeness (QED) is 0.450. The van der Waals surface area contributed by atoms with Gasteiger partial charge in [-0.05, 0) is 42.5 Å². The normalized spacial score (nSPS) is 11.5. The van der Waals surface area contributed by atoms with E-state index in [1.54, 1.807) is 15.5 Å². The van der Waals surface area contributed by atoms with E-state index in [9.17, 15) is 9.59 Å². The van der Waals surface area contributed by atoms with Crippen LogP contribution in [0.15, 0.2) is 64.4 Å². The molecule has 4 aromatic rings. The standard InChI is InChI=1S/C24H25ClN4O2/c1-16(2)12-13-28-23(30)21-22(29(24(28)31)20-11-7-4-8-17(20)3)26-15-27(21)14-18-9-5-6-10-19(18)25/h4-11,15-16H,12-14H2,1-3H3. The van der Waals surface area contributed by atoms with E-state index in [0.29, 0.717) is 35.2 Å². The number of fused-ring (bicyclic) bond motifs is 1. The second-order valence-corrected chi connectivity index (χ2v) is 8.59. The Morgan fingerprint density at radius 3 is 2.45 bits per heavy atom. The number of para-hydroxylation sites is 1. The molecule has 0 aliphatic carbocycles. The van der Waals surface area contributed by atoms with Crippen molar-refractivity contribution >= 4 is 22.8 Å². The fourth-order valence-corrected chi connectivity index (χ4v) is 3.92. The zero-order valence-electron chi connectivity index (χ0n) is 17.9. The topological polar surface area (TPSA) is 61.8 Å². The minimum absolute atomic E-state index is 0.324. The Morgan fingerprint density at radius 2 is 1.74 bits per heavy atom. The number of aryl methyl sites for hydroxylation is 1. The van der Waals surface area contributed by atoms with Gasteiger partial charge in [-0.1, -0.05) is 61.8 Å². The highest BCUT2D eigenvalue weighted by Crippen LogP contribution is 2.20. The summed E-state index contributed by atoms with van der Waals surface area (Å²) in [6, 6.07) is 15.1. The molecule has 0 unspecified atom stereocenters. The maximum atomic E-state index is 13.4. The van der Waals surface area contributed by atoms with Crippen molar-refractivity contribution in [1.82, 2.24) is 18.7 Å². The monoisotopic (exact) mass is 436 g/mol. The summed E-state index contributed by atoms with van der Waals surface area (Å²) < 4.78 is 4.66. The van der Waals surface area contributed by atoms with E-state index < -0.39 is 0 Å². The smallest absolute Gasteiger partial charge is 0.320 e. The molecule has 0 fully saturated rings. The summed E-state index contributed by atoms with van der Waals surface area (Å²) in [5.41, 5.74) is 2.60. The van der Waals surface area contributed by atoms with Gasteiger partial charge in [-0.25, -0.2) is 14.3 Å². The molecule has 0 radical (unpaired) electrons. The maximum absolute atomic E-state index is 13.4. The first-order chi connectivity index (χ1) is 14.9. The molecule has 160 valence electrons. The van der Waals surface area contributed by atoms with Gasteiger partial charge in [0.2, 0.25) is 0 Å². The van der Waals surface area contributed by atoms with Crippen molar-refractivity contribution in [2.45, 2.75) is 40.3 Å². The highest BCUT2D eigenvalue weighted by molar-refractivity contribution is 6.31. The lowest BCUT2D eigenvalue weighted by Gasteiger charge is -2.15. The zero-order chi connectivity index (χ0) is 22.1. The summed E-state index contributed by atoms with van der Waals surface area (Å²) in [6.07, 6.45) is 2.34. The van der Waals surface area contributed by atoms with E-state index in [1.807, 2.05) is 55.5 Å². The molecule has 0 bridgehead atoms. The minimum atomic E-state index is -0.365.